The molecule has 16 heavy (non-hydrogen) atoms. The second-order valence-electron chi connectivity index (χ2n) is 5.28. The number of likely N-dealkylation sites (tertiary alicyclic amines) is 1. The summed E-state index contributed by atoms with van der Waals surface area (Å²) in [5.41, 5.74) is 0. The van der Waals surface area contributed by atoms with Crippen molar-refractivity contribution in [2.75, 3.05) is 19.6 Å². The van der Waals surface area contributed by atoms with Gasteiger partial charge in [0.05, 0.1) is 5.01 Å². The Morgan fingerprint density at radius 1 is 1.44 bits per heavy atom. The quantitative estimate of drug-likeness (QED) is 0.803. The topological polar surface area (TPSA) is 16.1 Å². The Bertz CT molecular complexity index is 324. The Hall–Kier alpha value is -0.410. The Balaban J connectivity index is 1.85. The molecular weight excluding hydrogens is 216 g/mol. The van der Waals surface area contributed by atoms with Crippen molar-refractivity contribution in [2.24, 2.45) is 5.92 Å². The third-order valence-corrected chi connectivity index (χ3v) is 4.27. The van der Waals surface area contributed by atoms with Crippen LogP contribution in [-0.4, -0.2) is 29.5 Å². The first kappa shape index (κ1) is 12.1. The first-order chi connectivity index (χ1) is 7.65. The number of piperidine rings is 1. The molecule has 3 heteroatoms. The van der Waals surface area contributed by atoms with E-state index in [2.05, 4.69) is 30.7 Å². The fraction of sp³-hybridized carbons (Fsp3) is 0.769. The Morgan fingerprint density at radius 3 is 2.62 bits per heavy atom. The zero-order valence-electron chi connectivity index (χ0n) is 10.6. The predicted octanol–water partition coefficient (Wildman–Crippen LogP) is 3.29. The maximum absolute atomic E-state index is 4.53. The molecule has 2 heterocycles. The Labute approximate surface area is 103 Å². The molecule has 2 nitrogen and oxygen atoms in total. The van der Waals surface area contributed by atoms with E-state index in [1.165, 1.54) is 42.4 Å². The van der Waals surface area contributed by atoms with Crippen LogP contribution >= 0.6 is 11.3 Å². The lowest BCUT2D eigenvalue weighted by atomic mass is 9.97. The molecule has 0 saturated carbocycles. The molecule has 0 radical (unpaired) electrons. The monoisotopic (exact) mass is 238 g/mol. The van der Waals surface area contributed by atoms with Crippen LogP contribution in [0.2, 0.25) is 0 Å². The number of hydrogen-bond acceptors (Lipinski definition) is 3. The van der Waals surface area contributed by atoms with Crippen LogP contribution in [0.5, 0.6) is 0 Å². The highest BCUT2D eigenvalue weighted by Gasteiger charge is 2.22. The number of aromatic nitrogens is 1. The van der Waals surface area contributed by atoms with Crippen LogP contribution in [0.4, 0.5) is 0 Å². The minimum atomic E-state index is 0.724. The summed E-state index contributed by atoms with van der Waals surface area (Å²) in [5, 5.41) is 1.36. The van der Waals surface area contributed by atoms with Crippen molar-refractivity contribution in [3.8, 4) is 0 Å². The SMILES string of the molecule is Cc1cnc(C2CCN(CC(C)C)CC2)s1. The van der Waals surface area contributed by atoms with Gasteiger partial charge in [-0.2, -0.15) is 0 Å². The zero-order chi connectivity index (χ0) is 11.5. The molecule has 0 aromatic carbocycles. The molecule has 0 amide bonds. The first-order valence-electron chi connectivity index (χ1n) is 6.30. The average Bonchev–Trinajstić information content (AvgIpc) is 2.65. The molecule has 90 valence electrons. The molecule has 0 unspecified atom stereocenters. The van der Waals surface area contributed by atoms with Crippen molar-refractivity contribution >= 4 is 11.3 Å². The summed E-state index contributed by atoms with van der Waals surface area (Å²) >= 11 is 1.88. The summed E-state index contributed by atoms with van der Waals surface area (Å²) in [5.74, 6) is 1.51. The number of rotatable bonds is 3. The lowest BCUT2D eigenvalue weighted by Crippen LogP contribution is -2.35. The minimum absolute atomic E-state index is 0.724. The van der Waals surface area contributed by atoms with E-state index in [0.29, 0.717) is 0 Å². The second kappa shape index (κ2) is 5.28. The van der Waals surface area contributed by atoms with E-state index in [1.807, 2.05) is 17.5 Å². The van der Waals surface area contributed by atoms with E-state index in [9.17, 15) is 0 Å². The van der Waals surface area contributed by atoms with Crippen molar-refractivity contribution in [1.29, 1.82) is 0 Å². The summed E-state index contributed by atoms with van der Waals surface area (Å²) in [6, 6.07) is 0. The van der Waals surface area contributed by atoms with Gasteiger partial charge in [0, 0.05) is 23.5 Å². The smallest absolute Gasteiger partial charge is 0.0959 e. The first-order valence-corrected chi connectivity index (χ1v) is 7.11. The molecule has 1 aliphatic rings. The standard InChI is InChI=1S/C13H22N2S/c1-10(2)9-15-6-4-12(5-7-15)13-14-8-11(3)16-13/h8,10,12H,4-7,9H2,1-3H3. The Morgan fingerprint density at radius 2 is 2.12 bits per heavy atom. The van der Waals surface area contributed by atoms with Gasteiger partial charge in [-0.15, -0.1) is 11.3 Å². The van der Waals surface area contributed by atoms with Gasteiger partial charge in [-0.3, -0.25) is 0 Å². The van der Waals surface area contributed by atoms with E-state index < -0.39 is 0 Å². The highest BCUT2D eigenvalue weighted by molar-refractivity contribution is 7.11. The number of aryl methyl sites for hydroxylation is 1. The van der Waals surface area contributed by atoms with Crippen LogP contribution < -0.4 is 0 Å². The molecular formula is C13H22N2S. The fourth-order valence-corrected chi connectivity index (χ4v) is 3.38. The van der Waals surface area contributed by atoms with Gasteiger partial charge in [0.1, 0.15) is 0 Å². The maximum atomic E-state index is 4.53. The molecule has 0 atom stereocenters. The van der Waals surface area contributed by atoms with E-state index in [-0.39, 0.29) is 0 Å². The normalized spacial score (nSPS) is 19.5. The van der Waals surface area contributed by atoms with Gasteiger partial charge in [-0.1, -0.05) is 13.8 Å². The van der Waals surface area contributed by atoms with Crippen LogP contribution in [0.25, 0.3) is 0 Å². The third kappa shape index (κ3) is 3.05. The molecule has 1 aromatic rings. The minimum Gasteiger partial charge on any atom is -0.303 e. The van der Waals surface area contributed by atoms with Gasteiger partial charge < -0.3 is 4.90 Å². The molecule has 0 aliphatic carbocycles. The van der Waals surface area contributed by atoms with Crippen molar-refractivity contribution < 1.29 is 0 Å². The van der Waals surface area contributed by atoms with Crippen LogP contribution in [0.15, 0.2) is 6.20 Å². The van der Waals surface area contributed by atoms with Gasteiger partial charge in [0.25, 0.3) is 0 Å². The van der Waals surface area contributed by atoms with Gasteiger partial charge in [0.2, 0.25) is 0 Å². The van der Waals surface area contributed by atoms with Crippen LogP contribution in [0.3, 0.4) is 0 Å². The highest BCUT2D eigenvalue weighted by atomic mass is 32.1. The number of hydrogen-bond donors (Lipinski definition) is 0. The van der Waals surface area contributed by atoms with Crippen LogP contribution in [-0.2, 0) is 0 Å². The van der Waals surface area contributed by atoms with E-state index in [1.54, 1.807) is 0 Å². The largest absolute Gasteiger partial charge is 0.303 e. The number of thiazole rings is 1. The predicted molar refractivity (Wildman–Crippen MR) is 70.1 cm³/mol. The highest BCUT2D eigenvalue weighted by Crippen LogP contribution is 2.30. The zero-order valence-corrected chi connectivity index (χ0v) is 11.4. The lowest BCUT2D eigenvalue weighted by Gasteiger charge is -2.32. The number of nitrogens with zero attached hydrogens (tertiary/aromatic N) is 2. The third-order valence-electron chi connectivity index (χ3n) is 3.20. The van der Waals surface area contributed by atoms with E-state index in [0.717, 1.165) is 11.8 Å². The van der Waals surface area contributed by atoms with Crippen molar-refractivity contribution in [3.63, 3.8) is 0 Å². The van der Waals surface area contributed by atoms with E-state index in [4.69, 9.17) is 0 Å². The summed E-state index contributed by atoms with van der Waals surface area (Å²) in [4.78, 5) is 8.47. The van der Waals surface area contributed by atoms with Crippen molar-refractivity contribution in [2.45, 2.75) is 39.5 Å². The molecule has 1 aliphatic heterocycles. The second-order valence-corrected chi connectivity index (χ2v) is 6.54. The summed E-state index contributed by atoms with van der Waals surface area (Å²) < 4.78 is 0. The van der Waals surface area contributed by atoms with Crippen molar-refractivity contribution in [1.82, 2.24) is 9.88 Å². The van der Waals surface area contributed by atoms with Gasteiger partial charge in [0.15, 0.2) is 0 Å². The van der Waals surface area contributed by atoms with Crippen LogP contribution in [0, 0.1) is 12.8 Å². The summed E-state index contributed by atoms with van der Waals surface area (Å²) in [6.45, 7) is 10.5. The lowest BCUT2D eigenvalue weighted by molar-refractivity contribution is 0.192. The maximum Gasteiger partial charge on any atom is 0.0959 e. The van der Waals surface area contributed by atoms with Gasteiger partial charge in [-0.25, -0.2) is 4.98 Å². The molecule has 0 bridgehead atoms. The summed E-state index contributed by atoms with van der Waals surface area (Å²) in [7, 11) is 0. The van der Waals surface area contributed by atoms with Crippen LogP contribution in [0.1, 0.15) is 42.5 Å². The van der Waals surface area contributed by atoms with Gasteiger partial charge in [-0.05, 0) is 38.8 Å². The average molecular weight is 238 g/mol. The molecule has 1 aromatic heterocycles. The molecule has 1 saturated heterocycles. The fourth-order valence-electron chi connectivity index (χ4n) is 2.44. The summed E-state index contributed by atoms with van der Waals surface area (Å²) in [6.07, 6.45) is 4.60. The van der Waals surface area contributed by atoms with Crippen molar-refractivity contribution in [3.05, 3.63) is 16.1 Å². The molecule has 0 spiro atoms. The van der Waals surface area contributed by atoms with E-state index >= 15 is 0 Å². The molecule has 1 fully saturated rings. The Kier molecular flexibility index (Phi) is 3.98. The molecule has 0 N–H and O–H groups in total. The van der Waals surface area contributed by atoms with Gasteiger partial charge >= 0.3 is 0 Å². The molecule has 2 rings (SSSR count).